The van der Waals surface area contributed by atoms with Gasteiger partial charge in [-0.15, -0.1) is 0 Å². The van der Waals surface area contributed by atoms with Crippen molar-refractivity contribution < 1.29 is 26.0 Å². The molecule has 1 atom stereocenters. The number of hydrogen-bond donors (Lipinski definition) is 1. The molecule has 114 valence electrons. The molecule has 2 N–H and O–H groups in total. The topological polar surface area (TPSA) is 60.2 Å². The number of alkyl halides is 3. The Hall–Kier alpha value is -1.15. The van der Waals surface area contributed by atoms with Crippen LogP contribution in [0.2, 0.25) is 0 Å². The molecule has 0 amide bonds. The largest absolute Gasteiger partial charge is 0.416 e. The Bertz CT molecular complexity index is 569. The summed E-state index contributed by atoms with van der Waals surface area (Å²) in [5.74, 6) is -0.966. The molecule has 3 nitrogen and oxygen atoms in total. The van der Waals surface area contributed by atoms with Crippen molar-refractivity contribution in [3.63, 3.8) is 0 Å². The fourth-order valence-corrected chi connectivity index (χ4v) is 2.42. The lowest BCUT2D eigenvalue weighted by Gasteiger charge is -2.15. The molecule has 20 heavy (non-hydrogen) atoms. The predicted octanol–water partition coefficient (Wildman–Crippen LogP) is 2.67. The number of benzene rings is 1. The molecule has 0 saturated heterocycles. The van der Waals surface area contributed by atoms with E-state index in [1.165, 1.54) is 0 Å². The van der Waals surface area contributed by atoms with Crippen LogP contribution in [0.25, 0.3) is 0 Å². The van der Waals surface area contributed by atoms with Crippen molar-refractivity contribution in [3.05, 3.63) is 35.1 Å². The highest BCUT2D eigenvalue weighted by molar-refractivity contribution is 7.90. The molecule has 0 bridgehead atoms. The highest BCUT2D eigenvalue weighted by Gasteiger charge is 2.31. The van der Waals surface area contributed by atoms with E-state index in [1.54, 1.807) is 0 Å². The molecular formula is C12H15F4NO2S. The predicted molar refractivity (Wildman–Crippen MR) is 67.3 cm³/mol. The summed E-state index contributed by atoms with van der Waals surface area (Å²) in [6, 6.07) is 1.05. The van der Waals surface area contributed by atoms with Gasteiger partial charge in [0.15, 0.2) is 0 Å². The zero-order valence-electron chi connectivity index (χ0n) is 10.7. The Morgan fingerprint density at radius 2 is 1.90 bits per heavy atom. The molecule has 0 aliphatic carbocycles. The molecule has 1 aromatic carbocycles. The van der Waals surface area contributed by atoms with Gasteiger partial charge in [0.1, 0.15) is 15.7 Å². The van der Waals surface area contributed by atoms with E-state index in [0.29, 0.717) is 18.2 Å². The summed E-state index contributed by atoms with van der Waals surface area (Å²) < 4.78 is 73.0. The molecule has 0 fully saturated rings. The van der Waals surface area contributed by atoms with Crippen molar-refractivity contribution in [1.29, 1.82) is 0 Å². The van der Waals surface area contributed by atoms with Gasteiger partial charge in [-0.3, -0.25) is 0 Å². The van der Waals surface area contributed by atoms with Crippen LogP contribution in [-0.2, 0) is 16.0 Å². The zero-order valence-corrected chi connectivity index (χ0v) is 11.6. The van der Waals surface area contributed by atoms with Crippen LogP contribution in [0, 0.1) is 5.82 Å². The van der Waals surface area contributed by atoms with E-state index >= 15 is 0 Å². The minimum atomic E-state index is -4.57. The van der Waals surface area contributed by atoms with Gasteiger partial charge in [0.2, 0.25) is 0 Å². The second kappa shape index (κ2) is 6.09. The van der Waals surface area contributed by atoms with Crippen molar-refractivity contribution in [2.24, 2.45) is 5.73 Å². The van der Waals surface area contributed by atoms with E-state index in [-0.39, 0.29) is 24.2 Å². The molecule has 1 aromatic rings. The summed E-state index contributed by atoms with van der Waals surface area (Å²) in [5, 5.41) is 0. The SMILES string of the molecule is CS(=O)(=O)CCCC(N)c1cc(C(F)(F)F)ccc1F. The quantitative estimate of drug-likeness (QED) is 0.850. The highest BCUT2D eigenvalue weighted by Crippen LogP contribution is 2.32. The third-order valence-corrected chi connectivity index (χ3v) is 3.78. The molecular weight excluding hydrogens is 298 g/mol. The van der Waals surface area contributed by atoms with E-state index in [2.05, 4.69) is 0 Å². The maximum atomic E-state index is 13.5. The second-order valence-corrected chi connectivity index (χ2v) is 6.87. The molecule has 0 saturated carbocycles. The lowest BCUT2D eigenvalue weighted by Crippen LogP contribution is -2.16. The van der Waals surface area contributed by atoms with Crippen molar-refractivity contribution in [3.8, 4) is 0 Å². The van der Waals surface area contributed by atoms with Crippen LogP contribution in [0.5, 0.6) is 0 Å². The van der Waals surface area contributed by atoms with Crippen molar-refractivity contribution in [2.45, 2.75) is 25.1 Å². The second-order valence-electron chi connectivity index (χ2n) is 4.61. The van der Waals surface area contributed by atoms with Gasteiger partial charge >= 0.3 is 6.18 Å². The van der Waals surface area contributed by atoms with Crippen LogP contribution in [-0.4, -0.2) is 20.4 Å². The zero-order chi connectivity index (χ0) is 15.6. The van der Waals surface area contributed by atoms with E-state index < -0.39 is 33.4 Å². The number of sulfone groups is 1. The van der Waals surface area contributed by atoms with Crippen molar-refractivity contribution in [2.75, 3.05) is 12.0 Å². The van der Waals surface area contributed by atoms with Gasteiger partial charge in [-0.1, -0.05) is 0 Å². The van der Waals surface area contributed by atoms with Gasteiger partial charge in [0.25, 0.3) is 0 Å². The Balaban J connectivity index is 2.84. The molecule has 1 rings (SSSR count). The average Bonchev–Trinajstić information content (AvgIpc) is 2.25. The third kappa shape index (κ3) is 5.09. The molecule has 8 heteroatoms. The average molecular weight is 313 g/mol. The first-order valence-electron chi connectivity index (χ1n) is 5.80. The van der Waals surface area contributed by atoms with Crippen molar-refractivity contribution in [1.82, 2.24) is 0 Å². The number of nitrogens with two attached hydrogens (primary N) is 1. The van der Waals surface area contributed by atoms with Gasteiger partial charge in [-0.2, -0.15) is 13.2 Å². The first kappa shape index (κ1) is 16.9. The Morgan fingerprint density at radius 1 is 1.30 bits per heavy atom. The summed E-state index contributed by atoms with van der Waals surface area (Å²) in [6.07, 6.45) is -3.28. The summed E-state index contributed by atoms with van der Waals surface area (Å²) in [5.41, 5.74) is 4.40. The van der Waals surface area contributed by atoms with Gasteiger partial charge in [-0.25, -0.2) is 12.8 Å². The van der Waals surface area contributed by atoms with Crippen LogP contribution >= 0.6 is 0 Å². The fraction of sp³-hybridized carbons (Fsp3) is 0.500. The third-order valence-electron chi connectivity index (χ3n) is 2.75. The summed E-state index contributed by atoms with van der Waals surface area (Å²) >= 11 is 0. The first-order chi connectivity index (χ1) is 9.00. The molecule has 0 aromatic heterocycles. The van der Waals surface area contributed by atoms with Crippen molar-refractivity contribution >= 4 is 9.84 Å². The van der Waals surface area contributed by atoms with E-state index in [9.17, 15) is 26.0 Å². The Morgan fingerprint density at radius 3 is 2.40 bits per heavy atom. The van der Waals surface area contributed by atoms with Crippen LogP contribution < -0.4 is 5.73 Å². The fourth-order valence-electron chi connectivity index (χ4n) is 1.73. The molecule has 0 aliphatic heterocycles. The van der Waals surface area contributed by atoms with Crippen LogP contribution in [0.4, 0.5) is 17.6 Å². The summed E-state index contributed by atoms with van der Waals surface area (Å²) in [7, 11) is -3.17. The Labute approximate surface area is 114 Å². The van der Waals surface area contributed by atoms with E-state index in [1.807, 2.05) is 0 Å². The van der Waals surface area contributed by atoms with Gasteiger partial charge in [0.05, 0.1) is 5.56 Å². The van der Waals surface area contributed by atoms with Gasteiger partial charge in [-0.05, 0) is 31.0 Å². The summed E-state index contributed by atoms with van der Waals surface area (Å²) in [6.45, 7) is 0. The summed E-state index contributed by atoms with van der Waals surface area (Å²) in [4.78, 5) is 0. The number of halogens is 4. The maximum absolute atomic E-state index is 13.5. The molecule has 0 radical (unpaired) electrons. The standard InChI is InChI=1S/C12H15F4NO2S/c1-20(18,19)6-2-3-11(17)9-7-8(12(14,15)16)4-5-10(9)13/h4-5,7,11H,2-3,6,17H2,1H3. The molecule has 1 unspecified atom stereocenters. The highest BCUT2D eigenvalue weighted by atomic mass is 32.2. The van der Waals surface area contributed by atoms with E-state index in [0.717, 1.165) is 6.26 Å². The lowest BCUT2D eigenvalue weighted by molar-refractivity contribution is -0.137. The van der Waals surface area contributed by atoms with Crippen LogP contribution in [0.1, 0.15) is 30.0 Å². The van der Waals surface area contributed by atoms with E-state index in [4.69, 9.17) is 5.73 Å². The normalized spacial score (nSPS) is 14.3. The molecule has 0 spiro atoms. The minimum absolute atomic E-state index is 0.0886. The maximum Gasteiger partial charge on any atom is 0.416 e. The first-order valence-corrected chi connectivity index (χ1v) is 7.86. The molecule has 0 heterocycles. The Kier molecular flexibility index (Phi) is 5.15. The van der Waals surface area contributed by atoms with Gasteiger partial charge < -0.3 is 5.73 Å². The smallest absolute Gasteiger partial charge is 0.324 e. The van der Waals surface area contributed by atoms with Crippen LogP contribution in [0.15, 0.2) is 18.2 Å². The number of rotatable bonds is 5. The number of hydrogen-bond acceptors (Lipinski definition) is 3. The minimum Gasteiger partial charge on any atom is -0.324 e. The van der Waals surface area contributed by atoms with Gasteiger partial charge in [0, 0.05) is 23.6 Å². The van der Waals surface area contributed by atoms with Crippen LogP contribution in [0.3, 0.4) is 0 Å². The lowest BCUT2D eigenvalue weighted by atomic mass is 10.00. The monoisotopic (exact) mass is 313 g/mol. The molecule has 0 aliphatic rings.